The maximum absolute atomic E-state index is 12.4. The molecule has 0 atom stereocenters. The van der Waals surface area contributed by atoms with Gasteiger partial charge >= 0.3 is 0 Å². The van der Waals surface area contributed by atoms with Crippen LogP contribution in [-0.4, -0.2) is 35.4 Å². The van der Waals surface area contributed by atoms with E-state index in [0.29, 0.717) is 13.0 Å². The number of carbonyl (C=O) groups excluding carboxylic acids is 1. The molecule has 1 aromatic carbocycles. The number of thiophene rings is 1. The lowest BCUT2D eigenvalue weighted by Crippen LogP contribution is -2.32. The first kappa shape index (κ1) is 22.1. The summed E-state index contributed by atoms with van der Waals surface area (Å²) in [5.74, 6) is 0.0696. The van der Waals surface area contributed by atoms with Crippen LogP contribution in [0.25, 0.3) is 0 Å². The summed E-state index contributed by atoms with van der Waals surface area (Å²) >= 11 is 1.63. The molecule has 5 rings (SSSR count). The van der Waals surface area contributed by atoms with Gasteiger partial charge in [0.1, 0.15) is 0 Å². The SMILES string of the molecule is Cc1ncc2c(c1CNC(=O)Cc1ccsc1)CCN(Cc1ccc(N3CCCC3)cc1)C2. The van der Waals surface area contributed by atoms with Gasteiger partial charge in [-0.2, -0.15) is 11.3 Å². The van der Waals surface area contributed by atoms with E-state index < -0.39 is 0 Å². The Balaban J connectivity index is 1.21. The van der Waals surface area contributed by atoms with E-state index in [0.717, 1.165) is 37.3 Å². The molecule has 1 N–H and O–H groups in total. The van der Waals surface area contributed by atoms with Crippen molar-refractivity contribution in [3.63, 3.8) is 0 Å². The summed E-state index contributed by atoms with van der Waals surface area (Å²) in [7, 11) is 0. The lowest BCUT2D eigenvalue weighted by Gasteiger charge is -2.30. The van der Waals surface area contributed by atoms with E-state index in [9.17, 15) is 4.79 Å². The number of rotatable bonds is 7. The van der Waals surface area contributed by atoms with Crippen LogP contribution in [0.15, 0.2) is 47.3 Å². The summed E-state index contributed by atoms with van der Waals surface area (Å²) in [6.07, 6.45) is 6.09. The number of hydrogen-bond donors (Lipinski definition) is 1. The fraction of sp³-hybridized carbons (Fsp3) is 0.407. The van der Waals surface area contributed by atoms with Gasteiger partial charge in [-0.05, 0) is 83.0 Å². The molecule has 6 heteroatoms. The van der Waals surface area contributed by atoms with Crippen LogP contribution in [0.5, 0.6) is 0 Å². The molecule has 5 nitrogen and oxygen atoms in total. The standard InChI is InChI=1S/C27H32N4OS/c1-20-26(16-29-27(32)14-22-9-13-33-19-22)25-8-12-30(18-23(25)15-28-20)17-21-4-6-24(7-5-21)31-10-2-3-11-31/h4-7,9,13,15,19H,2-3,8,10-12,14,16-18H2,1H3,(H,29,32). The number of benzene rings is 1. The number of nitrogens with one attached hydrogen (secondary N) is 1. The molecule has 0 unspecified atom stereocenters. The van der Waals surface area contributed by atoms with Crippen molar-refractivity contribution in [2.24, 2.45) is 0 Å². The third-order valence-corrected chi connectivity index (χ3v) is 7.63. The van der Waals surface area contributed by atoms with Gasteiger partial charge in [-0.3, -0.25) is 14.7 Å². The molecular weight excluding hydrogens is 428 g/mol. The molecule has 4 heterocycles. The number of amides is 1. The monoisotopic (exact) mass is 460 g/mol. The van der Waals surface area contributed by atoms with Crippen LogP contribution in [0.1, 0.15) is 46.4 Å². The summed E-state index contributed by atoms with van der Waals surface area (Å²) in [6.45, 7) is 7.88. The molecule has 0 spiro atoms. The van der Waals surface area contributed by atoms with Crippen LogP contribution in [0.3, 0.4) is 0 Å². The molecule has 0 bridgehead atoms. The van der Waals surface area contributed by atoms with E-state index >= 15 is 0 Å². The van der Waals surface area contributed by atoms with Crippen molar-refractivity contribution in [2.75, 3.05) is 24.5 Å². The topological polar surface area (TPSA) is 48.5 Å². The molecule has 3 aromatic rings. The van der Waals surface area contributed by atoms with Gasteiger partial charge in [0.05, 0.1) is 6.42 Å². The third kappa shape index (κ3) is 5.28. The van der Waals surface area contributed by atoms with E-state index in [2.05, 4.69) is 51.3 Å². The predicted molar refractivity (Wildman–Crippen MR) is 135 cm³/mol. The number of aryl methyl sites for hydroxylation is 1. The Bertz CT molecular complexity index is 1090. The summed E-state index contributed by atoms with van der Waals surface area (Å²) < 4.78 is 0. The largest absolute Gasteiger partial charge is 0.372 e. The Kier molecular flexibility index (Phi) is 6.74. The van der Waals surface area contributed by atoms with Crippen LogP contribution < -0.4 is 10.2 Å². The lowest BCUT2D eigenvalue weighted by molar-refractivity contribution is -0.120. The number of aromatic nitrogens is 1. The van der Waals surface area contributed by atoms with Gasteiger partial charge in [0.2, 0.25) is 5.91 Å². The Morgan fingerprint density at radius 3 is 2.67 bits per heavy atom. The van der Waals surface area contributed by atoms with Gasteiger partial charge in [-0.1, -0.05) is 12.1 Å². The highest BCUT2D eigenvalue weighted by atomic mass is 32.1. The Labute approximate surface area is 200 Å². The van der Waals surface area contributed by atoms with Crippen LogP contribution in [-0.2, 0) is 37.3 Å². The quantitative estimate of drug-likeness (QED) is 0.565. The molecule has 33 heavy (non-hydrogen) atoms. The van der Waals surface area contributed by atoms with E-state index in [-0.39, 0.29) is 5.91 Å². The van der Waals surface area contributed by atoms with Crippen LogP contribution >= 0.6 is 11.3 Å². The highest BCUT2D eigenvalue weighted by molar-refractivity contribution is 7.08. The predicted octanol–water partition coefficient (Wildman–Crippen LogP) is 4.47. The molecule has 1 amide bonds. The summed E-state index contributed by atoms with van der Waals surface area (Å²) in [5, 5.41) is 7.16. The smallest absolute Gasteiger partial charge is 0.224 e. The Morgan fingerprint density at radius 1 is 1.09 bits per heavy atom. The van der Waals surface area contributed by atoms with Crippen molar-refractivity contribution in [1.82, 2.24) is 15.2 Å². The Morgan fingerprint density at radius 2 is 1.91 bits per heavy atom. The van der Waals surface area contributed by atoms with Crippen molar-refractivity contribution in [1.29, 1.82) is 0 Å². The van der Waals surface area contributed by atoms with Crippen molar-refractivity contribution in [3.05, 3.63) is 80.8 Å². The average molecular weight is 461 g/mol. The van der Waals surface area contributed by atoms with Crippen molar-refractivity contribution in [3.8, 4) is 0 Å². The maximum Gasteiger partial charge on any atom is 0.224 e. The molecule has 172 valence electrons. The number of carbonyl (C=O) groups is 1. The average Bonchev–Trinajstić information content (AvgIpc) is 3.54. The normalized spacial score (nSPS) is 16.1. The first-order chi connectivity index (χ1) is 16.2. The maximum atomic E-state index is 12.4. The van der Waals surface area contributed by atoms with Crippen LogP contribution in [0.4, 0.5) is 5.69 Å². The molecule has 2 aliphatic heterocycles. The zero-order chi connectivity index (χ0) is 22.6. The zero-order valence-electron chi connectivity index (χ0n) is 19.3. The van der Waals surface area contributed by atoms with Crippen molar-refractivity contribution in [2.45, 2.75) is 52.2 Å². The molecule has 1 fully saturated rings. The van der Waals surface area contributed by atoms with Gasteiger partial charge in [0.25, 0.3) is 0 Å². The first-order valence-electron chi connectivity index (χ1n) is 12.0. The molecule has 2 aliphatic rings. The van der Waals surface area contributed by atoms with Gasteiger partial charge in [-0.15, -0.1) is 0 Å². The van der Waals surface area contributed by atoms with E-state index in [1.165, 1.54) is 53.9 Å². The fourth-order valence-electron chi connectivity index (χ4n) is 5.02. The van der Waals surface area contributed by atoms with Gasteiger partial charge in [0.15, 0.2) is 0 Å². The van der Waals surface area contributed by atoms with E-state index in [1.807, 2.05) is 23.0 Å². The van der Waals surface area contributed by atoms with E-state index in [4.69, 9.17) is 0 Å². The fourth-order valence-corrected chi connectivity index (χ4v) is 5.69. The second kappa shape index (κ2) is 10.1. The van der Waals surface area contributed by atoms with Crippen molar-refractivity contribution >= 4 is 22.9 Å². The number of pyridine rings is 1. The van der Waals surface area contributed by atoms with Gasteiger partial charge in [-0.25, -0.2) is 0 Å². The highest BCUT2D eigenvalue weighted by Gasteiger charge is 2.21. The molecule has 0 aliphatic carbocycles. The summed E-state index contributed by atoms with van der Waals surface area (Å²) in [5.41, 5.74) is 8.68. The Hall–Kier alpha value is -2.70. The van der Waals surface area contributed by atoms with Gasteiger partial charge in [0, 0.05) is 56.8 Å². The molecule has 0 saturated carbocycles. The number of anilines is 1. The zero-order valence-corrected chi connectivity index (χ0v) is 20.2. The number of nitrogens with zero attached hydrogens (tertiary/aromatic N) is 3. The van der Waals surface area contributed by atoms with Crippen molar-refractivity contribution < 1.29 is 4.79 Å². The first-order valence-corrected chi connectivity index (χ1v) is 12.9. The molecule has 0 radical (unpaired) electrons. The summed E-state index contributed by atoms with van der Waals surface area (Å²) in [6, 6.07) is 11.1. The number of fused-ring (bicyclic) bond motifs is 1. The third-order valence-electron chi connectivity index (χ3n) is 6.90. The van der Waals surface area contributed by atoms with Crippen LogP contribution in [0, 0.1) is 6.92 Å². The lowest BCUT2D eigenvalue weighted by atomic mass is 9.94. The second-order valence-corrected chi connectivity index (χ2v) is 10.0. The molecular formula is C27H32N4OS. The van der Waals surface area contributed by atoms with E-state index in [1.54, 1.807) is 11.3 Å². The minimum Gasteiger partial charge on any atom is -0.372 e. The summed E-state index contributed by atoms with van der Waals surface area (Å²) in [4.78, 5) is 22.0. The molecule has 2 aromatic heterocycles. The number of hydrogen-bond acceptors (Lipinski definition) is 5. The van der Waals surface area contributed by atoms with Gasteiger partial charge < -0.3 is 10.2 Å². The molecule has 1 saturated heterocycles. The second-order valence-electron chi connectivity index (χ2n) is 9.23. The highest BCUT2D eigenvalue weighted by Crippen LogP contribution is 2.26. The minimum atomic E-state index is 0.0696. The minimum absolute atomic E-state index is 0.0696. The van der Waals surface area contributed by atoms with Crippen LogP contribution in [0.2, 0.25) is 0 Å².